The first kappa shape index (κ1) is 11.2. The maximum absolute atomic E-state index is 9.15. The number of benzene rings is 2. The molecule has 0 fully saturated rings. The van der Waals surface area contributed by atoms with Crippen molar-refractivity contribution in [1.29, 1.82) is 0 Å². The summed E-state index contributed by atoms with van der Waals surface area (Å²) in [5, 5.41) is 20.7. The van der Waals surface area contributed by atoms with Gasteiger partial charge in [-0.15, -0.1) is 11.3 Å². The second-order valence-electron chi connectivity index (χ2n) is 3.87. The predicted molar refractivity (Wildman–Crippen MR) is 76.9 cm³/mol. The molecule has 0 radical (unpaired) electrons. The molecule has 0 aliphatic rings. The van der Waals surface area contributed by atoms with Crippen LogP contribution in [0.2, 0.25) is 0 Å². The minimum absolute atomic E-state index is 0.531. The number of thiophene rings is 1. The highest BCUT2D eigenvalue weighted by Crippen LogP contribution is 2.34. The summed E-state index contributed by atoms with van der Waals surface area (Å²) in [4.78, 5) is 0. The molecule has 0 unspecified atom stereocenters. The smallest absolute Gasteiger partial charge is 0.423 e. The molecule has 0 bridgehead atoms. The van der Waals surface area contributed by atoms with Gasteiger partial charge in [0.05, 0.1) is 0 Å². The first-order valence-corrected chi connectivity index (χ1v) is 6.74. The van der Waals surface area contributed by atoms with Gasteiger partial charge < -0.3 is 10.0 Å². The molecular weight excluding hydrogens is 299 g/mol. The molecule has 0 saturated heterocycles. The van der Waals surface area contributed by atoms with E-state index in [0.29, 0.717) is 5.46 Å². The van der Waals surface area contributed by atoms with E-state index in [2.05, 4.69) is 28.1 Å². The first-order valence-electron chi connectivity index (χ1n) is 5.13. The minimum Gasteiger partial charge on any atom is -0.423 e. The van der Waals surface area contributed by atoms with Crippen LogP contribution in [0.15, 0.2) is 40.9 Å². The number of rotatable bonds is 1. The second kappa shape index (κ2) is 4.10. The molecule has 84 valence electrons. The third kappa shape index (κ3) is 1.89. The van der Waals surface area contributed by atoms with Crippen molar-refractivity contribution < 1.29 is 10.0 Å². The Hall–Kier alpha value is -0.875. The highest BCUT2D eigenvalue weighted by molar-refractivity contribution is 9.10. The molecule has 0 saturated carbocycles. The Bertz CT molecular complexity index is 708. The topological polar surface area (TPSA) is 40.5 Å². The average Bonchev–Trinajstić information content (AvgIpc) is 2.64. The van der Waals surface area contributed by atoms with E-state index < -0.39 is 7.12 Å². The molecule has 0 amide bonds. The van der Waals surface area contributed by atoms with E-state index in [-0.39, 0.29) is 0 Å². The van der Waals surface area contributed by atoms with Crippen molar-refractivity contribution in [3.63, 3.8) is 0 Å². The molecule has 3 aromatic rings. The summed E-state index contributed by atoms with van der Waals surface area (Å²) >= 11 is 5.11. The van der Waals surface area contributed by atoms with Gasteiger partial charge in [0.25, 0.3) is 0 Å². The Morgan fingerprint density at radius 3 is 2.29 bits per heavy atom. The van der Waals surface area contributed by atoms with E-state index >= 15 is 0 Å². The van der Waals surface area contributed by atoms with Gasteiger partial charge in [0.15, 0.2) is 0 Å². The fourth-order valence-electron chi connectivity index (χ4n) is 1.93. The molecule has 0 aliphatic heterocycles. The molecule has 1 heterocycles. The number of hydrogen-bond donors (Lipinski definition) is 2. The zero-order chi connectivity index (χ0) is 12.0. The normalized spacial score (nSPS) is 11.2. The van der Waals surface area contributed by atoms with E-state index in [0.717, 1.165) is 14.6 Å². The Morgan fingerprint density at radius 2 is 1.59 bits per heavy atom. The molecular formula is C12H8BBrO2S. The maximum atomic E-state index is 9.15. The van der Waals surface area contributed by atoms with Crippen molar-refractivity contribution in [3.05, 3.63) is 40.9 Å². The van der Waals surface area contributed by atoms with E-state index in [1.807, 2.05) is 18.2 Å². The first-order chi connectivity index (χ1) is 8.15. The van der Waals surface area contributed by atoms with Crippen molar-refractivity contribution in [2.24, 2.45) is 0 Å². The number of hydrogen-bond acceptors (Lipinski definition) is 3. The molecule has 1 aromatic heterocycles. The molecule has 5 heteroatoms. The fraction of sp³-hybridized carbons (Fsp3) is 0. The molecule has 17 heavy (non-hydrogen) atoms. The van der Waals surface area contributed by atoms with E-state index in [9.17, 15) is 0 Å². The summed E-state index contributed by atoms with van der Waals surface area (Å²) in [6.45, 7) is 0. The van der Waals surface area contributed by atoms with Gasteiger partial charge in [0.2, 0.25) is 0 Å². The number of halogens is 1. The third-order valence-corrected chi connectivity index (χ3v) is 4.37. The molecule has 0 atom stereocenters. The third-order valence-electron chi connectivity index (χ3n) is 2.76. The van der Waals surface area contributed by atoms with Crippen LogP contribution in [0.25, 0.3) is 20.2 Å². The molecule has 2 nitrogen and oxygen atoms in total. The summed E-state index contributed by atoms with van der Waals surface area (Å²) in [6, 6.07) is 11.7. The van der Waals surface area contributed by atoms with Gasteiger partial charge in [-0.05, 0) is 23.7 Å². The lowest BCUT2D eigenvalue weighted by Crippen LogP contribution is -2.29. The van der Waals surface area contributed by atoms with Gasteiger partial charge >= 0.3 is 7.12 Å². The van der Waals surface area contributed by atoms with Crippen LogP contribution in [-0.4, -0.2) is 17.2 Å². The molecule has 2 N–H and O–H groups in total. The highest BCUT2D eigenvalue weighted by Gasteiger charge is 2.13. The molecule has 0 spiro atoms. The van der Waals surface area contributed by atoms with Crippen molar-refractivity contribution >= 4 is 60.0 Å². The van der Waals surface area contributed by atoms with Crippen molar-refractivity contribution in [2.75, 3.05) is 0 Å². The lowest BCUT2D eigenvalue weighted by molar-refractivity contribution is 0.426. The Morgan fingerprint density at radius 1 is 0.941 bits per heavy atom. The van der Waals surface area contributed by atoms with Gasteiger partial charge in [0.1, 0.15) is 0 Å². The van der Waals surface area contributed by atoms with E-state index in [1.165, 1.54) is 10.1 Å². The minimum atomic E-state index is -1.41. The van der Waals surface area contributed by atoms with Crippen LogP contribution in [0.3, 0.4) is 0 Å². The second-order valence-corrected chi connectivity index (χ2v) is 5.87. The van der Waals surface area contributed by atoms with Crippen LogP contribution in [0, 0.1) is 0 Å². The predicted octanol–water partition coefficient (Wildman–Crippen LogP) is 2.50. The van der Waals surface area contributed by atoms with Gasteiger partial charge in [-0.1, -0.05) is 34.1 Å². The lowest BCUT2D eigenvalue weighted by Gasteiger charge is -1.98. The van der Waals surface area contributed by atoms with Gasteiger partial charge in [0, 0.05) is 24.6 Å². The Kier molecular flexibility index (Phi) is 2.71. The van der Waals surface area contributed by atoms with E-state index in [4.69, 9.17) is 10.0 Å². The van der Waals surface area contributed by atoms with E-state index in [1.54, 1.807) is 17.4 Å². The van der Waals surface area contributed by atoms with Crippen molar-refractivity contribution in [1.82, 2.24) is 0 Å². The summed E-state index contributed by atoms with van der Waals surface area (Å²) in [7, 11) is -1.41. The Balaban J connectivity index is 2.35. The molecule has 3 rings (SSSR count). The van der Waals surface area contributed by atoms with Crippen LogP contribution >= 0.6 is 27.3 Å². The summed E-state index contributed by atoms with van der Waals surface area (Å²) in [5.41, 5.74) is 0.531. The fourth-order valence-corrected chi connectivity index (χ4v) is 3.63. The average molecular weight is 307 g/mol. The van der Waals surface area contributed by atoms with Crippen molar-refractivity contribution in [3.8, 4) is 0 Å². The lowest BCUT2D eigenvalue weighted by atomic mass is 9.80. The summed E-state index contributed by atoms with van der Waals surface area (Å²) in [6.07, 6.45) is 0. The van der Waals surface area contributed by atoms with Crippen LogP contribution in [0.4, 0.5) is 0 Å². The van der Waals surface area contributed by atoms with Crippen LogP contribution in [0.1, 0.15) is 0 Å². The summed E-state index contributed by atoms with van der Waals surface area (Å²) < 4.78 is 3.32. The van der Waals surface area contributed by atoms with Gasteiger partial charge in [-0.25, -0.2) is 0 Å². The standard InChI is InChI=1S/C12H8BBrO2S/c14-8-2-4-10-9-3-1-7(13(15)16)5-11(9)17-12(10)6-8/h1-6,15-16H. The SMILES string of the molecule is OB(O)c1ccc2c(c1)sc1cc(Br)ccc12. The zero-order valence-electron chi connectivity index (χ0n) is 8.72. The molecule has 0 aliphatic carbocycles. The van der Waals surface area contributed by atoms with Crippen LogP contribution in [0.5, 0.6) is 0 Å². The quantitative estimate of drug-likeness (QED) is 0.678. The highest BCUT2D eigenvalue weighted by atomic mass is 79.9. The monoisotopic (exact) mass is 306 g/mol. The molecule has 2 aromatic carbocycles. The van der Waals surface area contributed by atoms with Crippen molar-refractivity contribution in [2.45, 2.75) is 0 Å². The van der Waals surface area contributed by atoms with Crippen LogP contribution in [-0.2, 0) is 0 Å². The number of fused-ring (bicyclic) bond motifs is 3. The van der Waals surface area contributed by atoms with Crippen LogP contribution < -0.4 is 5.46 Å². The largest absolute Gasteiger partial charge is 0.488 e. The van der Waals surface area contributed by atoms with Gasteiger partial charge in [-0.3, -0.25) is 0 Å². The van der Waals surface area contributed by atoms with Gasteiger partial charge in [-0.2, -0.15) is 0 Å². The maximum Gasteiger partial charge on any atom is 0.488 e. The Labute approximate surface area is 111 Å². The summed E-state index contributed by atoms with van der Waals surface area (Å²) in [5.74, 6) is 0. The zero-order valence-corrected chi connectivity index (χ0v) is 11.1.